The second kappa shape index (κ2) is 9.96. The molecule has 172 valence electrons. The highest BCUT2D eigenvalue weighted by Crippen LogP contribution is 2.36. The summed E-state index contributed by atoms with van der Waals surface area (Å²) in [5, 5.41) is 0. The zero-order valence-corrected chi connectivity index (χ0v) is 22.3. The van der Waals surface area contributed by atoms with E-state index >= 15 is 0 Å². The third kappa shape index (κ3) is 4.10. The summed E-state index contributed by atoms with van der Waals surface area (Å²) in [7, 11) is 1.91. The van der Waals surface area contributed by atoms with Gasteiger partial charge in [-0.25, -0.2) is 4.98 Å². The summed E-state index contributed by atoms with van der Waals surface area (Å²) in [6.45, 7) is 11.1. The average molecular weight is 518 g/mol. The number of halogens is 2. The van der Waals surface area contributed by atoms with Crippen LogP contribution in [0.25, 0.3) is 27.9 Å². The Morgan fingerprint density at radius 3 is 2.28 bits per heavy atom. The summed E-state index contributed by atoms with van der Waals surface area (Å²) in [6, 6.07) is 11.6. The zero-order chi connectivity index (χ0) is 22.3. The Bertz CT molecular complexity index is 1280. The molecule has 0 fully saturated rings. The van der Waals surface area contributed by atoms with Gasteiger partial charge in [-0.15, -0.1) is 12.4 Å². The molecule has 4 rings (SSSR count). The van der Waals surface area contributed by atoms with Crippen molar-refractivity contribution >= 4 is 45.1 Å². The van der Waals surface area contributed by atoms with Gasteiger partial charge in [-0.05, 0) is 48.9 Å². The highest BCUT2D eigenvalue weighted by atomic mass is 79.9. The maximum absolute atomic E-state index is 4.99. The topological polar surface area (TPSA) is 34.6 Å². The highest BCUT2D eigenvalue weighted by molar-refractivity contribution is 9.10. The van der Waals surface area contributed by atoms with Crippen LogP contribution in [0.5, 0.6) is 0 Å². The van der Waals surface area contributed by atoms with E-state index in [9.17, 15) is 0 Å². The molecule has 3 heterocycles. The Kier molecular flexibility index (Phi) is 7.72. The predicted octanol–water partition coefficient (Wildman–Crippen LogP) is 7.68. The van der Waals surface area contributed by atoms with Crippen molar-refractivity contribution in [3.05, 3.63) is 51.5 Å². The molecule has 0 unspecified atom stereocenters. The van der Waals surface area contributed by atoms with E-state index in [-0.39, 0.29) is 12.4 Å². The molecule has 0 spiro atoms. The number of aryl methyl sites for hydroxylation is 1. The molecular formula is C26H34BrClN4. The van der Waals surface area contributed by atoms with Crippen molar-refractivity contribution in [1.29, 1.82) is 0 Å². The van der Waals surface area contributed by atoms with E-state index < -0.39 is 0 Å². The molecule has 0 aliphatic rings. The van der Waals surface area contributed by atoms with Crippen molar-refractivity contribution in [2.45, 2.75) is 72.3 Å². The molecule has 4 nitrogen and oxygen atoms in total. The van der Waals surface area contributed by atoms with Crippen LogP contribution in [0.15, 0.2) is 39.8 Å². The molecule has 0 radical (unpaired) electrons. The molecule has 0 amide bonds. The van der Waals surface area contributed by atoms with Gasteiger partial charge in [0, 0.05) is 34.9 Å². The smallest absolute Gasteiger partial charge is 0.154 e. The van der Waals surface area contributed by atoms with Crippen LogP contribution < -0.4 is 5.49 Å². The summed E-state index contributed by atoms with van der Waals surface area (Å²) in [6.07, 6.45) is 4.66. The minimum absolute atomic E-state index is 0. The van der Waals surface area contributed by atoms with Gasteiger partial charge in [0.05, 0.1) is 5.52 Å². The minimum atomic E-state index is 0. The van der Waals surface area contributed by atoms with E-state index in [1.165, 1.54) is 29.6 Å². The van der Waals surface area contributed by atoms with Gasteiger partial charge in [-0.1, -0.05) is 68.6 Å². The molecule has 0 bridgehead atoms. The van der Waals surface area contributed by atoms with Gasteiger partial charge in [-0.3, -0.25) is 9.39 Å². The first-order chi connectivity index (χ1) is 14.9. The molecule has 0 N–H and O–H groups in total. The number of aromatic nitrogens is 3. The molecule has 4 aromatic rings. The van der Waals surface area contributed by atoms with Crippen LogP contribution in [-0.4, -0.2) is 21.0 Å². The summed E-state index contributed by atoms with van der Waals surface area (Å²) in [5.74, 6) is 0.499. The summed E-state index contributed by atoms with van der Waals surface area (Å²) in [4.78, 5) is 9.76. The molecule has 0 aliphatic heterocycles. The molecule has 0 aliphatic carbocycles. The molecule has 3 aromatic heterocycles. The maximum atomic E-state index is 4.99. The van der Waals surface area contributed by atoms with Crippen LogP contribution in [0, 0.1) is 6.92 Å². The Morgan fingerprint density at radius 1 is 1.03 bits per heavy atom. The molecule has 1 aromatic carbocycles. The van der Waals surface area contributed by atoms with E-state index in [4.69, 9.17) is 9.98 Å². The first-order valence-corrected chi connectivity index (χ1v) is 12.3. The SMILES string of the molecule is CCCC(CCC)n1c(=NC)c2cc(-c3ccc(C(C)C)cc3Br)c3nc(C)cc1n32.Cl. The number of hydrogen-bond acceptors (Lipinski definition) is 2. The average Bonchev–Trinajstić information content (AvgIpc) is 3.24. The Labute approximate surface area is 205 Å². The van der Waals surface area contributed by atoms with Crippen LogP contribution in [0.1, 0.15) is 76.6 Å². The van der Waals surface area contributed by atoms with Crippen LogP contribution in [0.4, 0.5) is 0 Å². The molecular weight excluding hydrogens is 484 g/mol. The lowest BCUT2D eigenvalue weighted by Crippen LogP contribution is -2.22. The number of rotatable bonds is 7. The highest BCUT2D eigenvalue weighted by Gasteiger charge is 2.23. The third-order valence-electron chi connectivity index (χ3n) is 6.30. The van der Waals surface area contributed by atoms with Crippen LogP contribution in [0.2, 0.25) is 0 Å². The molecule has 0 atom stereocenters. The minimum Gasteiger partial charge on any atom is -0.307 e. The number of imidazole rings is 1. The van der Waals surface area contributed by atoms with E-state index in [1.807, 2.05) is 7.05 Å². The molecule has 0 saturated heterocycles. The molecule has 6 heteroatoms. The van der Waals surface area contributed by atoms with Crippen molar-refractivity contribution in [1.82, 2.24) is 14.0 Å². The van der Waals surface area contributed by atoms with Gasteiger partial charge in [-0.2, -0.15) is 0 Å². The van der Waals surface area contributed by atoms with E-state index in [2.05, 4.69) is 89.8 Å². The van der Waals surface area contributed by atoms with Crippen LogP contribution >= 0.6 is 28.3 Å². The lowest BCUT2D eigenvalue weighted by molar-refractivity contribution is 0.426. The number of benzene rings is 1. The first kappa shape index (κ1) is 24.8. The lowest BCUT2D eigenvalue weighted by atomic mass is 9.99. The number of hydrogen-bond donors (Lipinski definition) is 0. The van der Waals surface area contributed by atoms with Crippen molar-refractivity contribution < 1.29 is 0 Å². The van der Waals surface area contributed by atoms with Gasteiger partial charge in [0.25, 0.3) is 0 Å². The molecule has 0 saturated carbocycles. The Balaban J connectivity index is 0.00000289. The second-order valence-corrected chi connectivity index (χ2v) is 9.75. The van der Waals surface area contributed by atoms with Crippen molar-refractivity contribution in [2.24, 2.45) is 4.99 Å². The van der Waals surface area contributed by atoms with Gasteiger partial charge in [0.2, 0.25) is 0 Å². The van der Waals surface area contributed by atoms with E-state index in [1.54, 1.807) is 0 Å². The van der Waals surface area contributed by atoms with Gasteiger partial charge >= 0.3 is 0 Å². The number of nitrogens with zero attached hydrogens (tertiary/aromatic N) is 4. The van der Waals surface area contributed by atoms with Gasteiger partial charge < -0.3 is 4.57 Å². The maximum Gasteiger partial charge on any atom is 0.154 e. The van der Waals surface area contributed by atoms with Crippen LogP contribution in [0.3, 0.4) is 0 Å². The van der Waals surface area contributed by atoms with Crippen molar-refractivity contribution in [3.63, 3.8) is 0 Å². The Morgan fingerprint density at radius 2 is 1.72 bits per heavy atom. The molecule has 32 heavy (non-hydrogen) atoms. The normalized spacial score (nSPS) is 12.6. The predicted molar refractivity (Wildman–Crippen MR) is 141 cm³/mol. The fourth-order valence-corrected chi connectivity index (χ4v) is 5.44. The van der Waals surface area contributed by atoms with Crippen molar-refractivity contribution in [2.75, 3.05) is 7.05 Å². The van der Waals surface area contributed by atoms with Gasteiger partial charge in [0.15, 0.2) is 5.49 Å². The third-order valence-corrected chi connectivity index (χ3v) is 6.95. The van der Waals surface area contributed by atoms with E-state index in [0.29, 0.717) is 12.0 Å². The largest absolute Gasteiger partial charge is 0.307 e. The summed E-state index contributed by atoms with van der Waals surface area (Å²) >= 11 is 3.83. The lowest BCUT2D eigenvalue weighted by Gasteiger charge is -2.19. The van der Waals surface area contributed by atoms with E-state index in [0.717, 1.165) is 45.2 Å². The second-order valence-electron chi connectivity index (χ2n) is 8.90. The first-order valence-electron chi connectivity index (χ1n) is 11.5. The quantitative estimate of drug-likeness (QED) is 0.247. The standard InChI is InChI=1S/C26H33BrN4.ClH/c1-7-9-19(10-8-2)30-24-13-17(5)29-25-21(15-23(31(24)25)26(30)28-6)20-12-11-18(16(3)4)14-22(20)27;/h11-16,19H,7-10H2,1-6H3;1H. The van der Waals surface area contributed by atoms with Crippen molar-refractivity contribution in [3.8, 4) is 11.1 Å². The zero-order valence-electron chi connectivity index (χ0n) is 19.9. The summed E-state index contributed by atoms with van der Waals surface area (Å²) in [5.41, 5.74) is 9.13. The fourth-order valence-electron chi connectivity index (χ4n) is 4.83. The summed E-state index contributed by atoms with van der Waals surface area (Å²) < 4.78 is 5.89. The fraction of sp³-hybridized carbons (Fsp3) is 0.462. The Hall–Kier alpha value is -1.85. The monoisotopic (exact) mass is 516 g/mol. The van der Waals surface area contributed by atoms with Crippen LogP contribution in [-0.2, 0) is 0 Å². The van der Waals surface area contributed by atoms with Gasteiger partial charge in [0.1, 0.15) is 11.3 Å².